The molecule has 2 aromatic heterocycles. The number of benzene rings is 1. The van der Waals surface area contributed by atoms with Gasteiger partial charge in [-0.15, -0.1) is 0 Å². The molecular formula is C27H32N6OS. The highest BCUT2D eigenvalue weighted by Gasteiger charge is 2.22. The Kier molecular flexibility index (Phi) is 7.83. The average molecular weight is 489 g/mol. The van der Waals surface area contributed by atoms with E-state index in [0.717, 1.165) is 58.0 Å². The summed E-state index contributed by atoms with van der Waals surface area (Å²) in [6.07, 6.45) is 5.65. The summed E-state index contributed by atoms with van der Waals surface area (Å²) in [5.41, 5.74) is 1.58. The van der Waals surface area contributed by atoms with Gasteiger partial charge in [-0.3, -0.25) is 9.79 Å². The number of amides is 1. The number of hydrogen-bond donors (Lipinski definition) is 1. The standard InChI is InChI=1S/C27H32N6OS/c1-18(2)35-27(28-3)20-6-7-21-17-30-24(15-22(21)14-20)31-26(34)19-8-11-29-25(16-19)33-12-9-23(10-13-33)32(4)5/h6-8,11,14-17,23H,1,9-10,12-13H2,2-5H3,(H,30,31,34)/b28-27-. The van der Waals surface area contributed by atoms with Crippen LogP contribution in [0.25, 0.3) is 10.8 Å². The summed E-state index contributed by atoms with van der Waals surface area (Å²) in [6.45, 7) is 7.80. The Morgan fingerprint density at radius 3 is 2.57 bits per heavy atom. The molecule has 0 atom stereocenters. The maximum atomic E-state index is 13.0. The smallest absolute Gasteiger partial charge is 0.257 e. The topological polar surface area (TPSA) is 73.7 Å². The summed E-state index contributed by atoms with van der Waals surface area (Å²) >= 11 is 1.55. The summed E-state index contributed by atoms with van der Waals surface area (Å²) in [6, 6.07) is 12.2. The Hall–Kier alpha value is -3.23. The van der Waals surface area contributed by atoms with Crippen molar-refractivity contribution in [2.75, 3.05) is 44.4 Å². The molecule has 1 aromatic carbocycles. The number of allylic oxidation sites excluding steroid dienone is 1. The number of carbonyl (C=O) groups is 1. The van der Waals surface area contributed by atoms with E-state index in [1.54, 1.807) is 37.3 Å². The molecule has 3 aromatic rings. The zero-order valence-electron chi connectivity index (χ0n) is 20.8. The summed E-state index contributed by atoms with van der Waals surface area (Å²) in [5.74, 6) is 1.15. The predicted octanol–water partition coefficient (Wildman–Crippen LogP) is 5.06. The number of hydrogen-bond acceptors (Lipinski definition) is 7. The Morgan fingerprint density at radius 1 is 1.11 bits per heavy atom. The van der Waals surface area contributed by atoms with E-state index in [-0.39, 0.29) is 5.91 Å². The summed E-state index contributed by atoms with van der Waals surface area (Å²) in [5, 5.41) is 5.83. The molecule has 0 radical (unpaired) electrons. The quantitative estimate of drug-likeness (QED) is 0.386. The van der Waals surface area contributed by atoms with E-state index in [4.69, 9.17) is 0 Å². The first kappa shape index (κ1) is 24.9. The van der Waals surface area contributed by atoms with E-state index in [9.17, 15) is 4.79 Å². The highest BCUT2D eigenvalue weighted by molar-refractivity contribution is 8.17. The fraction of sp³-hybridized carbons (Fsp3) is 0.333. The highest BCUT2D eigenvalue weighted by atomic mass is 32.2. The molecule has 7 nitrogen and oxygen atoms in total. The van der Waals surface area contributed by atoms with Crippen LogP contribution >= 0.6 is 11.8 Å². The molecule has 8 heteroatoms. The molecule has 1 saturated heterocycles. The second-order valence-electron chi connectivity index (χ2n) is 9.00. The molecule has 0 aliphatic carbocycles. The number of rotatable bonds is 6. The molecule has 1 aliphatic rings. The summed E-state index contributed by atoms with van der Waals surface area (Å²) in [7, 11) is 6.03. The summed E-state index contributed by atoms with van der Waals surface area (Å²) < 4.78 is 0. The molecule has 1 aliphatic heterocycles. The number of piperidine rings is 1. The molecule has 4 rings (SSSR count). The molecule has 182 valence electrons. The molecule has 1 fully saturated rings. The van der Waals surface area contributed by atoms with Crippen molar-refractivity contribution in [3.8, 4) is 0 Å². The lowest BCUT2D eigenvalue weighted by Crippen LogP contribution is -2.42. The van der Waals surface area contributed by atoms with Crippen LogP contribution in [0.1, 0.15) is 35.7 Å². The number of thioether (sulfide) groups is 1. The lowest BCUT2D eigenvalue weighted by molar-refractivity contribution is 0.102. The lowest BCUT2D eigenvalue weighted by Gasteiger charge is -2.35. The number of anilines is 2. The number of fused-ring (bicyclic) bond motifs is 1. The Morgan fingerprint density at radius 2 is 1.89 bits per heavy atom. The molecule has 1 amide bonds. The Labute approximate surface area is 211 Å². The van der Waals surface area contributed by atoms with Crippen molar-refractivity contribution in [1.82, 2.24) is 14.9 Å². The number of nitrogens with zero attached hydrogens (tertiary/aromatic N) is 5. The molecule has 3 heterocycles. The largest absolute Gasteiger partial charge is 0.356 e. The van der Waals surface area contributed by atoms with Crippen LogP contribution in [-0.2, 0) is 0 Å². The fourth-order valence-electron chi connectivity index (χ4n) is 4.27. The van der Waals surface area contributed by atoms with Gasteiger partial charge in [0.25, 0.3) is 5.91 Å². The van der Waals surface area contributed by atoms with Crippen LogP contribution in [0.2, 0.25) is 0 Å². The highest BCUT2D eigenvalue weighted by Crippen LogP contribution is 2.25. The van der Waals surface area contributed by atoms with Crippen molar-refractivity contribution in [1.29, 1.82) is 0 Å². The van der Waals surface area contributed by atoms with E-state index in [1.165, 1.54) is 0 Å². The van der Waals surface area contributed by atoms with Gasteiger partial charge >= 0.3 is 0 Å². The van der Waals surface area contributed by atoms with Crippen molar-refractivity contribution < 1.29 is 4.79 Å². The minimum Gasteiger partial charge on any atom is -0.356 e. The minimum absolute atomic E-state index is 0.200. The van der Waals surface area contributed by atoms with Gasteiger partial charge in [-0.1, -0.05) is 30.5 Å². The zero-order valence-corrected chi connectivity index (χ0v) is 21.6. The zero-order chi connectivity index (χ0) is 24.9. The Balaban J connectivity index is 1.49. The van der Waals surface area contributed by atoms with Crippen LogP contribution in [0.15, 0.2) is 65.3 Å². The second-order valence-corrected chi connectivity index (χ2v) is 10.3. The summed E-state index contributed by atoms with van der Waals surface area (Å²) in [4.78, 5) is 31.9. The third-order valence-corrected chi connectivity index (χ3v) is 7.17. The van der Waals surface area contributed by atoms with Crippen LogP contribution < -0.4 is 10.2 Å². The number of pyridine rings is 2. The second kappa shape index (κ2) is 11.0. The first-order valence-electron chi connectivity index (χ1n) is 11.7. The van der Waals surface area contributed by atoms with Crippen LogP contribution in [-0.4, -0.2) is 66.1 Å². The molecule has 0 saturated carbocycles. The van der Waals surface area contributed by atoms with Gasteiger partial charge in [0.15, 0.2) is 0 Å². The first-order valence-corrected chi connectivity index (χ1v) is 12.5. The van der Waals surface area contributed by atoms with Crippen molar-refractivity contribution in [3.05, 3.63) is 71.4 Å². The molecule has 0 bridgehead atoms. The molecule has 0 spiro atoms. The van der Waals surface area contributed by atoms with E-state index in [2.05, 4.69) is 56.8 Å². The third-order valence-electron chi connectivity index (χ3n) is 6.21. The van der Waals surface area contributed by atoms with Crippen molar-refractivity contribution in [2.24, 2.45) is 4.99 Å². The van der Waals surface area contributed by atoms with E-state index >= 15 is 0 Å². The monoisotopic (exact) mass is 488 g/mol. The maximum absolute atomic E-state index is 13.0. The Bertz CT molecular complexity index is 1260. The van der Waals surface area contributed by atoms with Gasteiger partial charge < -0.3 is 15.1 Å². The number of nitrogens with one attached hydrogen (secondary N) is 1. The first-order chi connectivity index (χ1) is 16.8. The fourth-order valence-corrected chi connectivity index (χ4v) is 4.94. The van der Waals surface area contributed by atoms with E-state index < -0.39 is 0 Å². The normalized spacial score (nSPS) is 15.0. The van der Waals surface area contributed by atoms with Gasteiger partial charge in [-0.2, -0.15) is 0 Å². The van der Waals surface area contributed by atoms with Crippen LogP contribution in [0.5, 0.6) is 0 Å². The van der Waals surface area contributed by atoms with Gasteiger partial charge in [0.2, 0.25) is 0 Å². The number of carbonyl (C=O) groups excluding carboxylic acids is 1. The van der Waals surface area contributed by atoms with Gasteiger partial charge in [0, 0.05) is 55.1 Å². The SMILES string of the molecule is C=C(C)S/C(=N\C)c1ccc2cnc(NC(=O)c3ccnc(N4CCC(N(C)C)CC4)c3)cc2c1. The van der Waals surface area contributed by atoms with Gasteiger partial charge in [0.1, 0.15) is 16.7 Å². The van der Waals surface area contributed by atoms with Crippen molar-refractivity contribution in [3.63, 3.8) is 0 Å². The minimum atomic E-state index is -0.200. The van der Waals surface area contributed by atoms with Crippen LogP contribution in [0, 0.1) is 0 Å². The van der Waals surface area contributed by atoms with Gasteiger partial charge in [-0.25, -0.2) is 9.97 Å². The van der Waals surface area contributed by atoms with E-state index in [1.807, 2.05) is 31.2 Å². The maximum Gasteiger partial charge on any atom is 0.257 e. The van der Waals surface area contributed by atoms with Crippen LogP contribution in [0.3, 0.4) is 0 Å². The van der Waals surface area contributed by atoms with Crippen molar-refractivity contribution >= 4 is 45.1 Å². The van der Waals surface area contributed by atoms with E-state index in [0.29, 0.717) is 17.4 Å². The molecule has 1 N–H and O–H groups in total. The third kappa shape index (κ3) is 6.07. The van der Waals surface area contributed by atoms with Gasteiger partial charge in [0.05, 0.1) is 0 Å². The molecular weight excluding hydrogens is 456 g/mol. The number of aliphatic imine (C=N–C) groups is 1. The van der Waals surface area contributed by atoms with Crippen molar-refractivity contribution in [2.45, 2.75) is 25.8 Å². The lowest BCUT2D eigenvalue weighted by atomic mass is 10.0. The number of aromatic nitrogens is 2. The van der Waals surface area contributed by atoms with Crippen LogP contribution in [0.4, 0.5) is 11.6 Å². The molecule has 35 heavy (non-hydrogen) atoms. The predicted molar refractivity (Wildman–Crippen MR) is 148 cm³/mol. The average Bonchev–Trinajstić information content (AvgIpc) is 2.86. The van der Waals surface area contributed by atoms with Gasteiger partial charge in [-0.05, 0) is 68.4 Å². The molecule has 0 unspecified atom stereocenters.